The number of rotatable bonds is 0. The molecule has 2 heteroatoms. The molecule has 3 rings (SSSR count). The molecule has 0 saturated heterocycles. The topological polar surface area (TPSA) is 36.7 Å². The van der Waals surface area contributed by atoms with Crippen molar-refractivity contribution in [2.24, 2.45) is 0 Å². The molecule has 0 spiro atoms. The van der Waals surface area contributed by atoms with Crippen LogP contribution < -0.4 is 0 Å². The van der Waals surface area contributed by atoms with Gasteiger partial charge in [-0.1, -0.05) is 30.3 Å². The zero-order valence-corrected chi connectivity index (χ0v) is 9.38. The third kappa shape index (κ3) is 3.02. The summed E-state index contributed by atoms with van der Waals surface area (Å²) in [5.41, 5.74) is 3.33. The minimum Gasteiger partial charge on any atom is -0.265 e. The fourth-order valence-electron chi connectivity index (χ4n) is 1.66. The number of benzene rings is 1. The largest absolute Gasteiger partial charge is 0.265 e. The SMILES string of the molecule is N#CC1=Cc2ccccc2C1.c1ccncc1. The van der Waals surface area contributed by atoms with Crippen molar-refractivity contribution in [3.8, 4) is 6.07 Å². The molecule has 1 aromatic carbocycles. The third-order valence-electron chi connectivity index (χ3n) is 2.48. The van der Waals surface area contributed by atoms with Crippen molar-refractivity contribution in [1.82, 2.24) is 4.98 Å². The summed E-state index contributed by atoms with van der Waals surface area (Å²) >= 11 is 0. The molecule has 82 valence electrons. The van der Waals surface area contributed by atoms with Crippen LogP contribution in [0.2, 0.25) is 0 Å². The first-order chi connectivity index (χ1) is 8.40. The Balaban J connectivity index is 0.000000153. The van der Waals surface area contributed by atoms with Gasteiger partial charge in [-0.05, 0) is 29.3 Å². The van der Waals surface area contributed by atoms with E-state index in [1.165, 1.54) is 11.1 Å². The van der Waals surface area contributed by atoms with E-state index in [1.807, 2.05) is 42.5 Å². The summed E-state index contributed by atoms with van der Waals surface area (Å²) in [4.78, 5) is 3.78. The van der Waals surface area contributed by atoms with Crippen molar-refractivity contribution < 1.29 is 0 Å². The van der Waals surface area contributed by atoms with Gasteiger partial charge in [0.15, 0.2) is 0 Å². The van der Waals surface area contributed by atoms with Crippen molar-refractivity contribution >= 4 is 6.08 Å². The van der Waals surface area contributed by atoms with Gasteiger partial charge in [0.1, 0.15) is 0 Å². The molecule has 0 saturated carbocycles. The summed E-state index contributed by atoms with van der Waals surface area (Å²) in [6.07, 6.45) is 6.27. The van der Waals surface area contributed by atoms with E-state index in [4.69, 9.17) is 5.26 Å². The number of hydrogen-bond acceptors (Lipinski definition) is 2. The molecule has 0 radical (unpaired) electrons. The first kappa shape index (κ1) is 11.1. The van der Waals surface area contributed by atoms with E-state index in [0.717, 1.165) is 12.0 Å². The summed E-state index contributed by atoms with van der Waals surface area (Å²) in [6.45, 7) is 0. The first-order valence-electron chi connectivity index (χ1n) is 5.44. The van der Waals surface area contributed by atoms with Crippen LogP contribution in [0.1, 0.15) is 11.1 Å². The zero-order chi connectivity index (χ0) is 11.9. The number of nitriles is 1. The van der Waals surface area contributed by atoms with E-state index in [1.54, 1.807) is 12.4 Å². The Kier molecular flexibility index (Phi) is 3.67. The molecule has 2 aromatic rings. The average molecular weight is 220 g/mol. The minimum atomic E-state index is 0.812. The number of fused-ring (bicyclic) bond motifs is 1. The van der Waals surface area contributed by atoms with Crippen molar-refractivity contribution in [2.75, 3.05) is 0 Å². The molecule has 0 N–H and O–H groups in total. The number of pyridine rings is 1. The second-order valence-electron chi connectivity index (χ2n) is 3.68. The monoisotopic (exact) mass is 220 g/mol. The maximum atomic E-state index is 8.62. The molecule has 0 unspecified atom stereocenters. The Bertz CT molecular complexity index is 524. The molecule has 1 aliphatic carbocycles. The molecule has 17 heavy (non-hydrogen) atoms. The van der Waals surface area contributed by atoms with E-state index >= 15 is 0 Å². The highest BCUT2D eigenvalue weighted by Gasteiger charge is 2.09. The Labute approximate surface area is 101 Å². The lowest BCUT2D eigenvalue weighted by atomic mass is 10.1. The van der Waals surface area contributed by atoms with Crippen LogP contribution >= 0.6 is 0 Å². The van der Waals surface area contributed by atoms with Crippen LogP contribution in [-0.4, -0.2) is 4.98 Å². The molecule has 1 aromatic heterocycles. The lowest BCUT2D eigenvalue weighted by Gasteiger charge is -1.93. The molecule has 0 atom stereocenters. The van der Waals surface area contributed by atoms with Gasteiger partial charge in [0.25, 0.3) is 0 Å². The van der Waals surface area contributed by atoms with Crippen LogP contribution in [0.4, 0.5) is 0 Å². The molecule has 0 bridgehead atoms. The zero-order valence-electron chi connectivity index (χ0n) is 9.38. The van der Waals surface area contributed by atoms with Gasteiger partial charge in [0, 0.05) is 24.4 Å². The fraction of sp³-hybridized carbons (Fsp3) is 0.0667. The third-order valence-corrected chi connectivity index (χ3v) is 2.48. The molecule has 0 amide bonds. The van der Waals surface area contributed by atoms with Crippen molar-refractivity contribution in [1.29, 1.82) is 5.26 Å². The maximum absolute atomic E-state index is 8.62. The highest BCUT2D eigenvalue weighted by molar-refractivity contribution is 5.66. The molecule has 0 aliphatic heterocycles. The maximum Gasteiger partial charge on any atom is 0.0950 e. The summed E-state index contributed by atoms with van der Waals surface area (Å²) in [5.74, 6) is 0. The summed E-state index contributed by atoms with van der Waals surface area (Å²) < 4.78 is 0. The van der Waals surface area contributed by atoms with Gasteiger partial charge in [0.05, 0.1) is 6.07 Å². The van der Waals surface area contributed by atoms with Gasteiger partial charge in [-0.3, -0.25) is 4.98 Å². The Morgan fingerprint density at radius 1 is 1.00 bits per heavy atom. The first-order valence-corrected chi connectivity index (χ1v) is 5.44. The lowest BCUT2D eigenvalue weighted by Crippen LogP contribution is -1.80. The van der Waals surface area contributed by atoms with Crippen LogP contribution in [0.5, 0.6) is 0 Å². The molecular weight excluding hydrogens is 208 g/mol. The Hall–Kier alpha value is -2.40. The van der Waals surface area contributed by atoms with Gasteiger partial charge >= 0.3 is 0 Å². The van der Waals surface area contributed by atoms with Crippen LogP contribution in [-0.2, 0) is 6.42 Å². The number of nitrogens with zero attached hydrogens (tertiary/aromatic N) is 2. The van der Waals surface area contributed by atoms with Crippen LogP contribution in [0.25, 0.3) is 6.08 Å². The summed E-state index contributed by atoms with van der Waals surface area (Å²) in [6, 6.07) is 16.0. The molecular formula is C15H12N2. The molecule has 0 fully saturated rings. The minimum absolute atomic E-state index is 0.812. The van der Waals surface area contributed by atoms with Crippen LogP contribution in [0.3, 0.4) is 0 Å². The number of allylic oxidation sites excluding steroid dienone is 1. The van der Waals surface area contributed by atoms with Crippen LogP contribution in [0, 0.1) is 11.3 Å². The van der Waals surface area contributed by atoms with Crippen molar-refractivity contribution in [2.45, 2.75) is 6.42 Å². The van der Waals surface area contributed by atoms with Gasteiger partial charge in [-0.2, -0.15) is 5.26 Å². The van der Waals surface area contributed by atoms with Gasteiger partial charge in [-0.25, -0.2) is 0 Å². The smallest absolute Gasteiger partial charge is 0.0950 e. The van der Waals surface area contributed by atoms with E-state index in [9.17, 15) is 0 Å². The van der Waals surface area contributed by atoms with Gasteiger partial charge in [-0.15, -0.1) is 0 Å². The normalized spacial score (nSPS) is 11.6. The van der Waals surface area contributed by atoms with Crippen LogP contribution in [0.15, 0.2) is 60.4 Å². The number of aromatic nitrogens is 1. The van der Waals surface area contributed by atoms with Gasteiger partial charge < -0.3 is 0 Å². The molecule has 1 aliphatic rings. The molecule has 2 nitrogen and oxygen atoms in total. The number of hydrogen-bond donors (Lipinski definition) is 0. The van der Waals surface area contributed by atoms with E-state index in [0.29, 0.717) is 0 Å². The quantitative estimate of drug-likeness (QED) is 0.683. The Morgan fingerprint density at radius 2 is 1.76 bits per heavy atom. The average Bonchev–Trinajstić information content (AvgIpc) is 2.84. The predicted octanol–water partition coefficient (Wildman–Crippen LogP) is 3.23. The Morgan fingerprint density at radius 3 is 2.29 bits per heavy atom. The van der Waals surface area contributed by atoms with E-state index < -0.39 is 0 Å². The standard InChI is InChI=1S/C10H7N.C5H5N/c11-7-8-5-9-3-1-2-4-10(9)6-8;1-2-4-6-5-3-1/h1-5H,6H2;1-5H. The molecule has 1 heterocycles. The van der Waals surface area contributed by atoms with Crippen molar-refractivity contribution in [3.63, 3.8) is 0 Å². The second-order valence-corrected chi connectivity index (χ2v) is 3.68. The van der Waals surface area contributed by atoms with Gasteiger partial charge in [0.2, 0.25) is 0 Å². The lowest BCUT2D eigenvalue weighted by molar-refractivity contribution is 1.25. The predicted molar refractivity (Wildman–Crippen MR) is 68.0 cm³/mol. The summed E-state index contributed by atoms with van der Waals surface area (Å²) in [7, 11) is 0. The highest BCUT2D eigenvalue weighted by Crippen LogP contribution is 2.23. The van der Waals surface area contributed by atoms with Crippen molar-refractivity contribution in [3.05, 3.63) is 71.6 Å². The summed E-state index contributed by atoms with van der Waals surface area (Å²) in [5, 5.41) is 8.62. The fourth-order valence-corrected chi connectivity index (χ4v) is 1.66. The second kappa shape index (κ2) is 5.62. The highest BCUT2D eigenvalue weighted by atomic mass is 14.6. The van der Waals surface area contributed by atoms with E-state index in [2.05, 4.69) is 17.1 Å². The van der Waals surface area contributed by atoms with E-state index in [-0.39, 0.29) is 0 Å².